The Morgan fingerprint density at radius 3 is 2.48 bits per heavy atom. The first-order valence-electron chi connectivity index (χ1n) is 9.26. The highest BCUT2D eigenvalue weighted by Gasteiger charge is 2.53. The maximum atomic E-state index is 14.9. The van der Waals surface area contributed by atoms with Crippen LogP contribution in [-0.2, 0) is 16.8 Å². The standard InChI is InChI=1S/C22H25F2N3O2/c1-21(2)19(28)27(4)20(25)26-22(21,3)16-11-13(6-9-17(16)24)10-14-7-8-15(23)12-18(14)29-5/h6-9,11-12H,10H2,1-5H3,(H2,25,26)/t22-/m1/s1. The van der Waals surface area contributed by atoms with Crippen molar-refractivity contribution in [3.05, 3.63) is 64.7 Å². The topological polar surface area (TPSA) is 67.9 Å². The van der Waals surface area contributed by atoms with Crippen LogP contribution in [0.4, 0.5) is 8.78 Å². The number of ether oxygens (including phenoxy) is 1. The Hall–Kier alpha value is -2.96. The Bertz CT molecular complexity index is 1000. The number of methoxy groups -OCH3 is 1. The number of aliphatic imine (C=N–C) groups is 1. The molecule has 0 spiro atoms. The average Bonchev–Trinajstić information content (AvgIpc) is 2.68. The van der Waals surface area contributed by atoms with E-state index in [-0.39, 0.29) is 17.4 Å². The smallest absolute Gasteiger partial charge is 0.237 e. The number of benzene rings is 2. The van der Waals surface area contributed by atoms with Crippen LogP contribution >= 0.6 is 0 Å². The first-order valence-corrected chi connectivity index (χ1v) is 9.26. The van der Waals surface area contributed by atoms with Crippen molar-refractivity contribution >= 4 is 11.9 Å². The fourth-order valence-electron chi connectivity index (χ4n) is 3.71. The number of guanidine groups is 1. The Balaban J connectivity index is 2.09. The molecule has 0 saturated carbocycles. The molecule has 0 radical (unpaired) electrons. The lowest BCUT2D eigenvalue weighted by Crippen LogP contribution is -2.58. The second kappa shape index (κ2) is 7.13. The molecule has 0 unspecified atom stereocenters. The third-order valence-electron chi connectivity index (χ3n) is 5.94. The summed E-state index contributed by atoms with van der Waals surface area (Å²) in [5, 5.41) is 0. The van der Waals surface area contributed by atoms with Crippen molar-refractivity contribution in [3.63, 3.8) is 0 Å². The van der Waals surface area contributed by atoms with Crippen molar-refractivity contribution < 1.29 is 18.3 Å². The molecule has 29 heavy (non-hydrogen) atoms. The Kier molecular flexibility index (Phi) is 5.11. The molecule has 0 aromatic heterocycles. The molecule has 2 aromatic rings. The number of carbonyl (C=O) groups excluding carboxylic acids is 1. The molecule has 0 aliphatic carbocycles. The van der Waals surface area contributed by atoms with Crippen molar-refractivity contribution in [2.24, 2.45) is 16.1 Å². The number of carbonyl (C=O) groups is 1. The summed E-state index contributed by atoms with van der Waals surface area (Å²) in [5.74, 6) is -0.642. The zero-order chi connectivity index (χ0) is 21.6. The van der Waals surface area contributed by atoms with Crippen molar-refractivity contribution in [2.75, 3.05) is 14.2 Å². The van der Waals surface area contributed by atoms with Gasteiger partial charge in [0.25, 0.3) is 0 Å². The molecule has 1 aliphatic heterocycles. The normalized spacial score (nSPS) is 21.1. The van der Waals surface area contributed by atoms with Crippen LogP contribution in [0, 0.1) is 17.0 Å². The van der Waals surface area contributed by atoms with E-state index in [0.717, 1.165) is 11.1 Å². The van der Waals surface area contributed by atoms with Gasteiger partial charge in [0.05, 0.1) is 12.5 Å². The van der Waals surface area contributed by atoms with E-state index in [0.29, 0.717) is 12.2 Å². The number of nitrogens with two attached hydrogens (primary N) is 1. The molecular formula is C22H25F2N3O2. The quantitative estimate of drug-likeness (QED) is 0.851. The van der Waals surface area contributed by atoms with E-state index in [4.69, 9.17) is 10.5 Å². The van der Waals surface area contributed by atoms with Gasteiger partial charge in [0.1, 0.15) is 22.9 Å². The summed E-state index contributed by atoms with van der Waals surface area (Å²) in [6.07, 6.45) is 0.403. The summed E-state index contributed by atoms with van der Waals surface area (Å²) >= 11 is 0. The third-order valence-corrected chi connectivity index (χ3v) is 5.94. The highest BCUT2D eigenvalue weighted by atomic mass is 19.1. The second-order valence-corrected chi connectivity index (χ2v) is 7.98. The largest absolute Gasteiger partial charge is 0.496 e. The minimum Gasteiger partial charge on any atom is -0.496 e. The maximum absolute atomic E-state index is 14.9. The van der Waals surface area contributed by atoms with Gasteiger partial charge in [-0.15, -0.1) is 0 Å². The third kappa shape index (κ3) is 3.34. The van der Waals surface area contributed by atoms with E-state index in [9.17, 15) is 13.6 Å². The zero-order valence-corrected chi connectivity index (χ0v) is 17.2. The lowest BCUT2D eigenvalue weighted by Gasteiger charge is -2.46. The number of hydrogen-bond acceptors (Lipinski definition) is 4. The summed E-state index contributed by atoms with van der Waals surface area (Å²) < 4.78 is 33.7. The van der Waals surface area contributed by atoms with E-state index in [1.54, 1.807) is 46.0 Å². The van der Waals surface area contributed by atoms with Crippen LogP contribution < -0.4 is 10.5 Å². The van der Waals surface area contributed by atoms with Crippen LogP contribution in [0.25, 0.3) is 0 Å². The van der Waals surface area contributed by atoms with Gasteiger partial charge in [-0.2, -0.15) is 0 Å². The van der Waals surface area contributed by atoms with Crippen LogP contribution in [0.15, 0.2) is 41.4 Å². The number of hydrogen-bond donors (Lipinski definition) is 1. The fraction of sp³-hybridized carbons (Fsp3) is 0.364. The van der Waals surface area contributed by atoms with E-state index in [1.165, 1.54) is 30.2 Å². The minimum atomic E-state index is -1.19. The van der Waals surface area contributed by atoms with Gasteiger partial charge in [-0.1, -0.05) is 18.2 Å². The number of rotatable bonds is 4. The summed E-state index contributed by atoms with van der Waals surface area (Å²) in [5.41, 5.74) is 5.57. The first kappa shape index (κ1) is 20.8. The van der Waals surface area contributed by atoms with E-state index < -0.39 is 22.6 Å². The zero-order valence-electron chi connectivity index (χ0n) is 17.2. The molecule has 1 heterocycles. The lowest BCUT2D eigenvalue weighted by atomic mass is 9.67. The molecule has 0 fully saturated rings. The van der Waals surface area contributed by atoms with Crippen LogP contribution in [0.1, 0.15) is 37.5 Å². The van der Waals surface area contributed by atoms with Gasteiger partial charge >= 0.3 is 0 Å². The van der Waals surface area contributed by atoms with Gasteiger partial charge in [0, 0.05) is 25.1 Å². The Labute approximate surface area is 169 Å². The van der Waals surface area contributed by atoms with Gasteiger partial charge in [-0.3, -0.25) is 9.69 Å². The molecule has 1 aliphatic rings. The summed E-state index contributed by atoms with van der Waals surface area (Å²) in [7, 11) is 3.02. The van der Waals surface area contributed by atoms with Crippen molar-refractivity contribution in [1.82, 2.24) is 4.90 Å². The number of halogens is 2. The van der Waals surface area contributed by atoms with Crippen LogP contribution in [0.3, 0.4) is 0 Å². The van der Waals surface area contributed by atoms with E-state index >= 15 is 0 Å². The van der Waals surface area contributed by atoms with Gasteiger partial charge < -0.3 is 10.5 Å². The maximum Gasteiger partial charge on any atom is 0.237 e. The predicted octanol–water partition coefficient (Wildman–Crippen LogP) is 3.59. The van der Waals surface area contributed by atoms with Crippen LogP contribution in [0.2, 0.25) is 0 Å². The van der Waals surface area contributed by atoms with Crippen molar-refractivity contribution in [3.8, 4) is 5.75 Å². The predicted molar refractivity (Wildman–Crippen MR) is 108 cm³/mol. The molecule has 5 nitrogen and oxygen atoms in total. The minimum absolute atomic E-state index is 0.0434. The average molecular weight is 401 g/mol. The van der Waals surface area contributed by atoms with Gasteiger partial charge in [0.15, 0.2) is 5.96 Å². The summed E-state index contributed by atoms with van der Waals surface area (Å²) in [6.45, 7) is 5.18. The second-order valence-electron chi connectivity index (χ2n) is 7.98. The molecular weight excluding hydrogens is 376 g/mol. The molecule has 1 amide bonds. The first-order chi connectivity index (χ1) is 13.5. The molecule has 7 heteroatoms. The van der Waals surface area contributed by atoms with Gasteiger partial charge in [0.2, 0.25) is 5.91 Å². The monoisotopic (exact) mass is 401 g/mol. The van der Waals surface area contributed by atoms with Gasteiger partial charge in [-0.25, -0.2) is 13.8 Å². The Morgan fingerprint density at radius 2 is 1.83 bits per heavy atom. The fourth-order valence-corrected chi connectivity index (χ4v) is 3.71. The molecule has 1 atom stereocenters. The molecule has 2 aromatic carbocycles. The molecule has 154 valence electrons. The summed E-state index contributed by atoms with van der Waals surface area (Å²) in [4.78, 5) is 18.6. The van der Waals surface area contributed by atoms with Crippen molar-refractivity contribution in [1.29, 1.82) is 0 Å². The highest BCUT2D eigenvalue weighted by Crippen LogP contribution is 2.47. The highest BCUT2D eigenvalue weighted by molar-refractivity contribution is 6.01. The lowest BCUT2D eigenvalue weighted by molar-refractivity contribution is -0.140. The summed E-state index contributed by atoms with van der Waals surface area (Å²) in [6, 6.07) is 9.00. The molecule has 0 saturated heterocycles. The molecule has 0 bridgehead atoms. The number of amides is 1. The van der Waals surface area contributed by atoms with E-state index in [2.05, 4.69) is 4.99 Å². The van der Waals surface area contributed by atoms with Gasteiger partial charge in [-0.05, 0) is 44.0 Å². The Morgan fingerprint density at radius 1 is 1.14 bits per heavy atom. The SMILES string of the molecule is COc1cc(F)ccc1Cc1ccc(F)c([C@@]2(C)N=C(N)N(C)C(=O)C2(C)C)c1. The van der Waals surface area contributed by atoms with E-state index in [1.807, 2.05) is 0 Å². The van der Waals surface area contributed by atoms with Crippen molar-refractivity contribution in [2.45, 2.75) is 32.7 Å². The molecule has 3 rings (SSSR count). The molecule has 2 N–H and O–H groups in total. The van der Waals surface area contributed by atoms with Crippen LogP contribution in [-0.4, -0.2) is 30.9 Å². The van der Waals surface area contributed by atoms with Crippen LogP contribution in [0.5, 0.6) is 5.75 Å². The number of nitrogens with zero attached hydrogens (tertiary/aromatic N) is 2.